The maximum atomic E-state index is 12.1. The second-order valence-corrected chi connectivity index (χ2v) is 9.19. The maximum absolute atomic E-state index is 12.1. The summed E-state index contributed by atoms with van der Waals surface area (Å²) in [4.78, 5) is 25.5. The van der Waals surface area contributed by atoms with E-state index in [1.165, 1.54) is 0 Å². The number of hydrogen-bond donors (Lipinski definition) is 2. The van der Waals surface area contributed by atoms with Gasteiger partial charge in [-0.25, -0.2) is 13.2 Å². The molecule has 0 spiro atoms. The first-order valence-electron chi connectivity index (χ1n) is 9.63. The molecule has 2 N–H and O–H groups in total. The maximum Gasteiger partial charge on any atom is 0.319 e. The molecule has 1 fully saturated rings. The Labute approximate surface area is 171 Å². The van der Waals surface area contributed by atoms with Crippen LogP contribution >= 0.6 is 0 Å². The van der Waals surface area contributed by atoms with Crippen LogP contribution in [0, 0.1) is 0 Å². The van der Waals surface area contributed by atoms with Crippen LogP contribution in [-0.4, -0.2) is 39.2 Å². The lowest BCUT2D eigenvalue weighted by atomic mass is 10.2. The number of amides is 3. The third-order valence-electron chi connectivity index (χ3n) is 4.66. The fraction of sp³-hybridized carbons (Fsp3) is 0.333. The molecule has 0 radical (unpaired) electrons. The number of nitrogens with zero attached hydrogens (tertiary/aromatic N) is 1. The lowest BCUT2D eigenvalue weighted by Crippen LogP contribution is -2.30. The summed E-state index contributed by atoms with van der Waals surface area (Å²) in [5.74, 6) is 0.137. The zero-order chi connectivity index (χ0) is 20.7. The van der Waals surface area contributed by atoms with Crippen LogP contribution in [0.15, 0.2) is 54.6 Å². The molecule has 0 unspecified atom stereocenters. The van der Waals surface area contributed by atoms with Gasteiger partial charge in [0.2, 0.25) is 5.91 Å². The number of benzene rings is 2. The van der Waals surface area contributed by atoms with Crippen molar-refractivity contribution in [3.05, 3.63) is 60.2 Å². The zero-order valence-corrected chi connectivity index (χ0v) is 17.0. The van der Waals surface area contributed by atoms with Gasteiger partial charge in [0.05, 0.1) is 11.5 Å². The number of hydrogen-bond acceptors (Lipinski definition) is 4. The average molecular weight is 416 g/mol. The Bertz CT molecular complexity index is 944. The fourth-order valence-corrected chi connectivity index (χ4v) is 4.64. The summed E-state index contributed by atoms with van der Waals surface area (Å²) in [6, 6.07) is 15.7. The molecule has 0 saturated carbocycles. The molecular formula is C21H25N3O4S. The minimum atomic E-state index is -3.21. The topological polar surface area (TPSA) is 95.6 Å². The van der Waals surface area contributed by atoms with Crippen molar-refractivity contribution in [2.24, 2.45) is 0 Å². The van der Waals surface area contributed by atoms with Gasteiger partial charge in [0, 0.05) is 30.9 Å². The van der Waals surface area contributed by atoms with Gasteiger partial charge in [0.25, 0.3) is 0 Å². The van der Waals surface area contributed by atoms with Crippen molar-refractivity contribution in [2.45, 2.75) is 25.0 Å². The summed E-state index contributed by atoms with van der Waals surface area (Å²) in [6.07, 6.45) is 1.78. The van der Waals surface area contributed by atoms with Gasteiger partial charge in [0.15, 0.2) is 9.84 Å². The quantitative estimate of drug-likeness (QED) is 0.648. The van der Waals surface area contributed by atoms with E-state index in [1.807, 2.05) is 18.2 Å². The summed E-state index contributed by atoms with van der Waals surface area (Å²) in [7, 11) is -3.21. The van der Waals surface area contributed by atoms with Crippen LogP contribution in [0.2, 0.25) is 0 Å². The Balaban J connectivity index is 1.39. The minimum Gasteiger partial charge on any atom is -0.338 e. The molecule has 0 atom stereocenters. The van der Waals surface area contributed by atoms with Gasteiger partial charge in [-0.2, -0.15) is 0 Å². The van der Waals surface area contributed by atoms with Crippen LogP contribution in [0.4, 0.5) is 16.2 Å². The number of sulfone groups is 1. The highest BCUT2D eigenvalue weighted by Crippen LogP contribution is 2.22. The normalized spacial score (nSPS) is 14.1. The summed E-state index contributed by atoms with van der Waals surface area (Å²) in [6.45, 7) is 0.986. The molecule has 0 aliphatic carbocycles. The molecule has 154 valence electrons. The van der Waals surface area contributed by atoms with Gasteiger partial charge in [-0.3, -0.25) is 4.79 Å². The van der Waals surface area contributed by atoms with E-state index in [0.29, 0.717) is 18.5 Å². The second kappa shape index (κ2) is 9.56. The molecule has 0 aromatic heterocycles. The van der Waals surface area contributed by atoms with E-state index < -0.39 is 15.9 Å². The van der Waals surface area contributed by atoms with Gasteiger partial charge in [-0.1, -0.05) is 30.3 Å². The molecule has 0 bridgehead atoms. The standard InChI is InChI=1S/C21H25N3O4S/c25-20-8-4-14-24(20)19-11-9-18(10-12-19)23-21(26)22-13-5-15-29(27,28)16-17-6-2-1-3-7-17/h1-3,6-7,9-12H,4-5,8,13-16H2,(H2,22,23,26). The Morgan fingerprint density at radius 1 is 1.03 bits per heavy atom. The summed E-state index contributed by atoms with van der Waals surface area (Å²) in [5.41, 5.74) is 2.19. The van der Waals surface area contributed by atoms with E-state index in [0.717, 1.165) is 24.2 Å². The minimum absolute atomic E-state index is 0.00586. The predicted molar refractivity (Wildman–Crippen MR) is 114 cm³/mol. The molecular weight excluding hydrogens is 390 g/mol. The highest BCUT2D eigenvalue weighted by atomic mass is 32.2. The van der Waals surface area contributed by atoms with E-state index in [4.69, 9.17) is 0 Å². The first kappa shape index (κ1) is 20.9. The fourth-order valence-electron chi connectivity index (χ4n) is 3.22. The number of carbonyl (C=O) groups is 2. The first-order chi connectivity index (χ1) is 13.9. The monoisotopic (exact) mass is 415 g/mol. The van der Waals surface area contributed by atoms with Gasteiger partial charge < -0.3 is 15.5 Å². The number of nitrogens with one attached hydrogen (secondary N) is 2. The molecule has 1 saturated heterocycles. The number of carbonyl (C=O) groups excluding carboxylic acids is 2. The molecule has 1 aliphatic heterocycles. The summed E-state index contributed by atoms with van der Waals surface area (Å²) >= 11 is 0. The lowest BCUT2D eigenvalue weighted by molar-refractivity contribution is -0.117. The molecule has 1 heterocycles. The third kappa shape index (κ3) is 6.32. The molecule has 1 aliphatic rings. The predicted octanol–water partition coefficient (Wildman–Crippen LogP) is 2.94. The Morgan fingerprint density at radius 2 is 1.76 bits per heavy atom. The van der Waals surface area contributed by atoms with E-state index in [2.05, 4.69) is 10.6 Å². The average Bonchev–Trinajstić information content (AvgIpc) is 3.12. The van der Waals surface area contributed by atoms with Gasteiger partial charge in [-0.05, 0) is 42.7 Å². The van der Waals surface area contributed by atoms with Crippen LogP contribution in [0.1, 0.15) is 24.8 Å². The van der Waals surface area contributed by atoms with E-state index in [-0.39, 0.29) is 24.0 Å². The highest BCUT2D eigenvalue weighted by Gasteiger charge is 2.21. The Kier molecular flexibility index (Phi) is 6.87. The number of anilines is 2. The van der Waals surface area contributed by atoms with Crippen LogP contribution < -0.4 is 15.5 Å². The molecule has 2 aromatic rings. The molecule has 2 aromatic carbocycles. The smallest absolute Gasteiger partial charge is 0.319 e. The molecule has 7 nitrogen and oxygen atoms in total. The van der Waals surface area contributed by atoms with Crippen LogP contribution in [0.5, 0.6) is 0 Å². The number of rotatable bonds is 8. The largest absolute Gasteiger partial charge is 0.338 e. The third-order valence-corrected chi connectivity index (χ3v) is 6.34. The van der Waals surface area contributed by atoms with Crippen molar-refractivity contribution in [2.75, 3.05) is 29.1 Å². The van der Waals surface area contributed by atoms with Crippen LogP contribution in [0.3, 0.4) is 0 Å². The molecule has 3 rings (SSSR count). The van der Waals surface area contributed by atoms with Crippen molar-refractivity contribution >= 4 is 33.2 Å². The molecule has 3 amide bonds. The van der Waals surface area contributed by atoms with Gasteiger partial charge >= 0.3 is 6.03 Å². The van der Waals surface area contributed by atoms with Gasteiger partial charge in [-0.15, -0.1) is 0 Å². The first-order valence-corrected chi connectivity index (χ1v) is 11.4. The highest BCUT2D eigenvalue weighted by molar-refractivity contribution is 7.90. The number of urea groups is 1. The SMILES string of the molecule is O=C(NCCCS(=O)(=O)Cc1ccccc1)Nc1ccc(N2CCCC2=O)cc1. The van der Waals surface area contributed by atoms with E-state index >= 15 is 0 Å². The van der Waals surface area contributed by atoms with Crippen molar-refractivity contribution in [3.8, 4) is 0 Å². The van der Waals surface area contributed by atoms with Crippen molar-refractivity contribution in [3.63, 3.8) is 0 Å². The zero-order valence-electron chi connectivity index (χ0n) is 16.1. The molecule has 8 heteroatoms. The molecule has 29 heavy (non-hydrogen) atoms. The summed E-state index contributed by atoms with van der Waals surface area (Å²) < 4.78 is 24.3. The summed E-state index contributed by atoms with van der Waals surface area (Å²) in [5, 5.41) is 5.37. The Morgan fingerprint density at radius 3 is 2.41 bits per heavy atom. The second-order valence-electron chi connectivity index (χ2n) is 7.01. The van der Waals surface area contributed by atoms with E-state index in [9.17, 15) is 18.0 Å². The van der Waals surface area contributed by atoms with Crippen LogP contribution in [-0.2, 0) is 20.4 Å². The van der Waals surface area contributed by atoms with Crippen molar-refractivity contribution in [1.29, 1.82) is 0 Å². The van der Waals surface area contributed by atoms with E-state index in [1.54, 1.807) is 41.3 Å². The Hall–Kier alpha value is -2.87. The van der Waals surface area contributed by atoms with Crippen molar-refractivity contribution < 1.29 is 18.0 Å². The lowest BCUT2D eigenvalue weighted by Gasteiger charge is -2.16. The van der Waals surface area contributed by atoms with Gasteiger partial charge in [0.1, 0.15) is 0 Å². The van der Waals surface area contributed by atoms with Crippen molar-refractivity contribution in [1.82, 2.24) is 5.32 Å². The van der Waals surface area contributed by atoms with Crippen LogP contribution in [0.25, 0.3) is 0 Å².